The summed E-state index contributed by atoms with van der Waals surface area (Å²) in [5.41, 5.74) is 1.76. The number of carboxylic acid groups (broad SMARTS) is 1. The largest absolute Gasteiger partial charge is 0.480 e. The molecule has 6 nitrogen and oxygen atoms in total. The van der Waals surface area contributed by atoms with Gasteiger partial charge in [0.25, 0.3) is 0 Å². The Labute approximate surface area is 122 Å². The van der Waals surface area contributed by atoms with Gasteiger partial charge in [-0.1, -0.05) is 11.6 Å². The number of hydrogen-bond donors (Lipinski definition) is 3. The minimum absolute atomic E-state index is 0.0707. The zero-order chi connectivity index (χ0) is 15.3. The quantitative estimate of drug-likeness (QED) is 0.726. The fourth-order valence-electron chi connectivity index (χ4n) is 1.48. The molecule has 1 rings (SSSR count). The molecule has 1 atom stereocenters. The summed E-state index contributed by atoms with van der Waals surface area (Å²) in [6, 6.07) is 1.95. The van der Waals surface area contributed by atoms with Gasteiger partial charge in [0.2, 0.25) is 0 Å². The van der Waals surface area contributed by atoms with Crippen LogP contribution in [0.5, 0.6) is 5.75 Å². The highest BCUT2D eigenvalue weighted by Gasteiger charge is 2.13. The molecule has 3 N–H and O–H groups in total. The van der Waals surface area contributed by atoms with E-state index in [0.717, 1.165) is 11.1 Å². The summed E-state index contributed by atoms with van der Waals surface area (Å²) in [6.07, 6.45) is 0. The predicted molar refractivity (Wildman–Crippen MR) is 75.2 cm³/mol. The number of benzene rings is 1. The van der Waals surface area contributed by atoms with Gasteiger partial charge in [0.15, 0.2) is 6.73 Å². The molecule has 0 fully saturated rings. The SMILES string of the molecule is Cc1cc(OCNC(=O)NC(C)C(=O)O)cc(C)c1Cl. The van der Waals surface area contributed by atoms with E-state index < -0.39 is 18.0 Å². The first-order valence-electron chi connectivity index (χ1n) is 5.98. The van der Waals surface area contributed by atoms with E-state index in [4.69, 9.17) is 21.4 Å². The normalized spacial score (nSPS) is 11.6. The third-order valence-corrected chi connectivity index (χ3v) is 3.20. The van der Waals surface area contributed by atoms with Gasteiger partial charge in [-0.3, -0.25) is 4.79 Å². The Morgan fingerprint density at radius 2 is 1.90 bits per heavy atom. The summed E-state index contributed by atoms with van der Waals surface area (Å²) >= 11 is 6.03. The highest BCUT2D eigenvalue weighted by atomic mass is 35.5. The van der Waals surface area contributed by atoms with Crippen LogP contribution in [-0.4, -0.2) is 29.9 Å². The van der Waals surface area contributed by atoms with Gasteiger partial charge in [0, 0.05) is 5.02 Å². The van der Waals surface area contributed by atoms with Crippen molar-refractivity contribution in [2.24, 2.45) is 0 Å². The smallest absolute Gasteiger partial charge is 0.325 e. The van der Waals surface area contributed by atoms with Crippen LogP contribution < -0.4 is 15.4 Å². The Hall–Kier alpha value is -1.95. The molecule has 2 amide bonds. The number of nitrogens with one attached hydrogen (secondary N) is 2. The maximum atomic E-state index is 11.3. The molecule has 0 aliphatic heterocycles. The third-order valence-electron chi connectivity index (χ3n) is 2.60. The van der Waals surface area contributed by atoms with Gasteiger partial charge >= 0.3 is 12.0 Å². The standard InChI is InChI=1S/C13H17ClN2O4/c1-7-4-10(5-8(2)11(7)14)20-6-15-13(19)16-9(3)12(17)18/h4-5,9H,6H2,1-3H3,(H,17,18)(H2,15,16,19). The van der Waals surface area contributed by atoms with Crippen LogP contribution in [0.15, 0.2) is 12.1 Å². The first-order valence-corrected chi connectivity index (χ1v) is 6.35. The fourth-order valence-corrected chi connectivity index (χ4v) is 1.59. The van der Waals surface area contributed by atoms with Gasteiger partial charge in [-0.25, -0.2) is 4.79 Å². The van der Waals surface area contributed by atoms with E-state index in [-0.39, 0.29) is 6.73 Å². The van der Waals surface area contributed by atoms with Gasteiger partial charge in [0.05, 0.1) is 0 Å². The summed E-state index contributed by atoms with van der Waals surface area (Å²) in [4.78, 5) is 21.9. The number of carboxylic acids is 1. The van der Waals surface area contributed by atoms with Gasteiger partial charge in [-0.2, -0.15) is 0 Å². The number of amides is 2. The zero-order valence-corrected chi connectivity index (χ0v) is 12.2. The van der Waals surface area contributed by atoms with E-state index in [2.05, 4.69) is 10.6 Å². The lowest BCUT2D eigenvalue weighted by Crippen LogP contribution is -2.45. The maximum absolute atomic E-state index is 11.3. The van der Waals surface area contributed by atoms with Gasteiger partial charge < -0.3 is 20.5 Å². The van der Waals surface area contributed by atoms with Crippen LogP contribution in [0.1, 0.15) is 18.1 Å². The molecule has 1 aromatic rings. The number of aryl methyl sites for hydroxylation is 2. The monoisotopic (exact) mass is 300 g/mol. The van der Waals surface area contributed by atoms with E-state index in [9.17, 15) is 9.59 Å². The molecule has 1 aromatic carbocycles. The molecule has 0 spiro atoms. The molecular weight excluding hydrogens is 284 g/mol. The number of rotatable bonds is 5. The Kier molecular flexibility index (Phi) is 5.64. The summed E-state index contributed by atoms with van der Waals surface area (Å²) in [5.74, 6) is -0.527. The molecule has 0 aliphatic carbocycles. The molecule has 0 radical (unpaired) electrons. The number of ether oxygens (including phenoxy) is 1. The van der Waals surface area contributed by atoms with E-state index in [0.29, 0.717) is 10.8 Å². The average molecular weight is 301 g/mol. The zero-order valence-electron chi connectivity index (χ0n) is 11.5. The molecule has 110 valence electrons. The molecule has 0 bridgehead atoms. The van der Waals surface area contributed by atoms with Gasteiger partial charge in [-0.05, 0) is 44.0 Å². The van der Waals surface area contributed by atoms with Crippen molar-refractivity contribution in [1.29, 1.82) is 0 Å². The predicted octanol–water partition coefficient (Wildman–Crippen LogP) is 2.07. The molecule has 20 heavy (non-hydrogen) atoms. The average Bonchev–Trinajstić information content (AvgIpc) is 2.35. The third kappa shape index (κ3) is 4.62. The Morgan fingerprint density at radius 1 is 1.35 bits per heavy atom. The number of halogens is 1. The van der Waals surface area contributed by atoms with Crippen molar-refractivity contribution >= 4 is 23.6 Å². The lowest BCUT2D eigenvalue weighted by Gasteiger charge is -2.13. The van der Waals surface area contributed by atoms with Crippen LogP contribution in [0.25, 0.3) is 0 Å². The van der Waals surface area contributed by atoms with E-state index >= 15 is 0 Å². The number of hydrogen-bond acceptors (Lipinski definition) is 3. The molecular formula is C13H17ClN2O4. The van der Waals surface area contributed by atoms with Gasteiger partial charge in [0.1, 0.15) is 11.8 Å². The second-order valence-electron chi connectivity index (χ2n) is 4.37. The van der Waals surface area contributed by atoms with E-state index in [1.165, 1.54) is 6.92 Å². The van der Waals surface area contributed by atoms with Crippen LogP contribution >= 0.6 is 11.6 Å². The van der Waals surface area contributed by atoms with Crippen molar-refractivity contribution < 1.29 is 19.4 Å². The van der Waals surface area contributed by atoms with Crippen molar-refractivity contribution in [2.75, 3.05) is 6.73 Å². The Morgan fingerprint density at radius 3 is 2.40 bits per heavy atom. The lowest BCUT2D eigenvalue weighted by molar-refractivity contribution is -0.138. The molecule has 0 saturated carbocycles. The summed E-state index contributed by atoms with van der Waals surface area (Å²) in [5, 5.41) is 14.0. The van der Waals surface area contributed by atoms with E-state index in [1.54, 1.807) is 12.1 Å². The second-order valence-corrected chi connectivity index (χ2v) is 4.75. The van der Waals surface area contributed by atoms with Crippen molar-refractivity contribution in [2.45, 2.75) is 26.8 Å². The summed E-state index contributed by atoms with van der Waals surface area (Å²) in [7, 11) is 0. The summed E-state index contributed by atoms with van der Waals surface area (Å²) in [6.45, 7) is 5.01. The van der Waals surface area contributed by atoms with Crippen LogP contribution in [0.4, 0.5) is 4.79 Å². The maximum Gasteiger partial charge on any atom is 0.325 e. The number of carbonyl (C=O) groups excluding carboxylic acids is 1. The minimum atomic E-state index is -1.11. The van der Waals surface area contributed by atoms with Crippen LogP contribution in [-0.2, 0) is 4.79 Å². The number of carbonyl (C=O) groups is 2. The van der Waals surface area contributed by atoms with Crippen molar-refractivity contribution in [3.05, 3.63) is 28.3 Å². The molecule has 1 unspecified atom stereocenters. The van der Waals surface area contributed by atoms with Crippen molar-refractivity contribution in [3.63, 3.8) is 0 Å². The van der Waals surface area contributed by atoms with Crippen LogP contribution in [0.2, 0.25) is 5.02 Å². The topological polar surface area (TPSA) is 87.7 Å². The molecule has 0 saturated heterocycles. The first-order chi connectivity index (χ1) is 9.31. The Bertz CT molecular complexity index is 496. The molecule has 7 heteroatoms. The van der Waals surface area contributed by atoms with E-state index in [1.807, 2.05) is 13.8 Å². The first kappa shape index (κ1) is 16.1. The second kappa shape index (κ2) is 7.00. The highest BCUT2D eigenvalue weighted by Crippen LogP contribution is 2.25. The van der Waals surface area contributed by atoms with Crippen LogP contribution in [0, 0.1) is 13.8 Å². The van der Waals surface area contributed by atoms with Gasteiger partial charge in [-0.15, -0.1) is 0 Å². The fraction of sp³-hybridized carbons (Fsp3) is 0.385. The molecule has 0 aliphatic rings. The highest BCUT2D eigenvalue weighted by molar-refractivity contribution is 6.32. The minimum Gasteiger partial charge on any atom is -0.480 e. The lowest BCUT2D eigenvalue weighted by atomic mass is 10.1. The summed E-state index contributed by atoms with van der Waals surface area (Å²) < 4.78 is 5.36. The molecule has 0 aromatic heterocycles. The number of urea groups is 1. The van der Waals surface area contributed by atoms with Crippen LogP contribution in [0.3, 0.4) is 0 Å². The van der Waals surface area contributed by atoms with Crippen molar-refractivity contribution in [3.8, 4) is 5.75 Å². The number of aliphatic carboxylic acids is 1. The Balaban J connectivity index is 2.45. The molecule has 0 heterocycles. The van der Waals surface area contributed by atoms with Crippen molar-refractivity contribution in [1.82, 2.24) is 10.6 Å².